The summed E-state index contributed by atoms with van der Waals surface area (Å²) in [7, 11) is 0. The molecule has 3 nitrogen and oxygen atoms in total. The molecule has 0 amide bonds. The van der Waals surface area contributed by atoms with Gasteiger partial charge in [-0.15, -0.1) is 0 Å². The van der Waals surface area contributed by atoms with E-state index in [1.807, 2.05) is 30.3 Å². The minimum absolute atomic E-state index is 0.212. The molecule has 0 heterocycles. The van der Waals surface area contributed by atoms with E-state index < -0.39 is 5.82 Å². The summed E-state index contributed by atoms with van der Waals surface area (Å²) in [4.78, 5) is 10.6. The molecule has 0 aliphatic rings. The lowest BCUT2D eigenvalue weighted by molar-refractivity contribution is -0.380. The van der Waals surface area contributed by atoms with Gasteiger partial charge in [-0.1, -0.05) is 30.3 Å². The molecule has 0 saturated heterocycles. The Hall–Kier alpha value is -2.23. The fourth-order valence-electron chi connectivity index (χ4n) is 1.44. The zero-order chi connectivity index (χ0) is 12.1. The Bertz CT molecular complexity index is 514. The minimum atomic E-state index is -0.438. The van der Waals surface area contributed by atoms with Gasteiger partial charge in [0.05, 0.1) is 0 Å². The Labute approximate surface area is 97.8 Å². The molecule has 0 atom stereocenters. The molecule has 86 valence electrons. The topological polar surface area (TPSA) is 40.3 Å². The number of nitroso groups, excluding NO2 is 1. The van der Waals surface area contributed by atoms with E-state index in [0.29, 0.717) is 6.61 Å². The van der Waals surface area contributed by atoms with E-state index in [1.54, 1.807) is 5.18 Å². The van der Waals surface area contributed by atoms with Crippen LogP contribution in [0.25, 0.3) is 0 Å². The van der Waals surface area contributed by atoms with Crippen molar-refractivity contribution in [1.29, 1.82) is 0 Å². The average molecular weight is 232 g/mol. The van der Waals surface area contributed by atoms with Crippen LogP contribution in [-0.2, 0) is 6.61 Å². The summed E-state index contributed by atoms with van der Waals surface area (Å²) in [6, 6.07) is 13.2. The molecule has 0 unspecified atom stereocenters. The predicted molar refractivity (Wildman–Crippen MR) is 61.2 cm³/mol. The van der Waals surface area contributed by atoms with E-state index in [2.05, 4.69) is 0 Å². The summed E-state index contributed by atoms with van der Waals surface area (Å²) in [5.41, 5.74) is 1.18. The van der Waals surface area contributed by atoms with E-state index >= 15 is 0 Å². The fraction of sp³-hybridized carbons (Fsp3) is 0.0769. The van der Waals surface area contributed by atoms with Gasteiger partial charge in [-0.25, -0.2) is 4.39 Å². The number of hydrogen-bond acceptors (Lipinski definition) is 2. The second-order valence-corrected chi connectivity index (χ2v) is 3.52. The maximum atomic E-state index is 13.0. The quantitative estimate of drug-likeness (QED) is 0.874. The molecule has 0 aromatic heterocycles. The number of nitrogens with one attached hydrogen (secondary N) is 1. The molecule has 1 N–H and O–H groups in total. The molecule has 2 rings (SSSR count). The van der Waals surface area contributed by atoms with Crippen molar-refractivity contribution in [3.05, 3.63) is 64.8 Å². The van der Waals surface area contributed by atoms with Crippen LogP contribution in [-0.4, -0.2) is 0 Å². The summed E-state index contributed by atoms with van der Waals surface area (Å²) < 4.78 is 18.4. The summed E-state index contributed by atoms with van der Waals surface area (Å²) >= 11 is 0. The third kappa shape index (κ3) is 2.87. The summed E-state index contributed by atoms with van der Waals surface area (Å²) in [5.74, 6) is -0.226. The van der Waals surface area contributed by atoms with Gasteiger partial charge in [0.25, 0.3) is 5.69 Å². The number of ether oxygens (including phenoxy) is 1. The van der Waals surface area contributed by atoms with Crippen molar-refractivity contribution in [2.24, 2.45) is 0 Å². The lowest BCUT2D eigenvalue weighted by Gasteiger charge is -2.05. The van der Waals surface area contributed by atoms with Crippen LogP contribution in [0.15, 0.2) is 48.5 Å². The first-order chi connectivity index (χ1) is 8.29. The Balaban J connectivity index is 2.13. The molecule has 0 fully saturated rings. The molecule has 2 aromatic rings. The summed E-state index contributed by atoms with van der Waals surface area (Å²) in [6.07, 6.45) is 0. The third-order valence-electron chi connectivity index (χ3n) is 2.29. The van der Waals surface area contributed by atoms with Crippen LogP contribution in [0.3, 0.4) is 0 Å². The smallest absolute Gasteiger partial charge is 0.295 e. The van der Waals surface area contributed by atoms with Crippen molar-refractivity contribution in [2.75, 3.05) is 0 Å². The predicted octanol–water partition coefficient (Wildman–Crippen LogP) is 1.88. The number of rotatable bonds is 4. The minimum Gasteiger partial charge on any atom is -0.482 e. The molecule has 0 bridgehead atoms. The van der Waals surface area contributed by atoms with Gasteiger partial charge in [-0.2, -0.15) is 0 Å². The average Bonchev–Trinajstić information content (AvgIpc) is 2.38. The normalized spacial score (nSPS) is 9.94. The summed E-state index contributed by atoms with van der Waals surface area (Å²) in [6.45, 7) is 0.291. The van der Waals surface area contributed by atoms with Crippen LogP contribution in [0.2, 0.25) is 0 Å². The number of halogens is 1. The van der Waals surface area contributed by atoms with Gasteiger partial charge >= 0.3 is 0 Å². The van der Waals surface area contributed by atoms with Crippen molar-refractivity contribution < 1.29 is 14.3 Å². The first kappa shape index (κ1) is 11.3. The van der Waals surface area contributed by atoms with Crippen LogP contribution < -0.4 is 9.91 Å². The van der Waals surface area contributed by atoms with E-state index in [9.17, 15) is 9.30 Å². The van der Waals surface area contributed by atoms with Crippen molar-refractivity contribution in [1.82, 2.24) is 0 Å². The van der Waals surface area contributed by atoms with Gasteiger partial charge in [-0.05, 0) is 11.6 Å². The van der Waals surface area contributed by atoms with Gasteiger partial charge in [0.2, 0.25) is 0 Å². The Morgan fingerprint density at radius 1 is 1.12 bits per heavy atom. The largest absolute Gasteiger partial charge is 0.482 e. The lowest BCUT2D eigenvalue weighted by Crippen LogP contribution is -2.55. The standard InChI is InChI=1S/C13H10FNO2/c14-11-6-7-12(15-16)13(8-11)17-9-10-4-2-1-3-5-10/h1-8H,9H2/p+1. The van der Waals surface area contributed by atoms with Crippen molar-refractivity contribution >= 4 is 5.69 Å². The third-order valence-corrected chi connectivity index (χ3v) is 2.29. The Morgan fingerprint density at radius 3 is 2.59 bits per heavy atom. The highest BCUT2D eigenvalue weighted by Gasteiger charge is 2.11. The highest BCUT2D eigenvalue weighted by Crippen LogP contribution is 2.21. The van der Waals surface area contributed by atoms with E-state index in [1.165, 1.54) is 18.2 Å². The van der Waals surface area contributed by atoms with E-state index in [4.69, 9.17) is 4.74 Å². The molecule has 0 spiro atoms. The highest BCUT2D eigenvalue weighted by molar-refractivity contribution is 5.45. The highest BCUT2D eigenvalue weighted by atomic mass is 19.1. The van der Waals surface area contributed by atoms with E-state index in [-0.39, 0.29) is 11.4 Å². The Kier molecular flexibility index (Phi) is 3.45. The van der Waals surface area contributed by atoms with E-state index in [0.717, 1.165) is 5.56 Å². The molecule has 17 heavy (non-hydrogen) atoms. The van der Waals surface area contributed by atoms with Crippen molar-refractivity contribution in [3.63, 3.8) is 0 Å². The zero-order valence-electron chi connectivity index (χ0n) is 9.02. The van der Waals surface area contributed by atoms with Gasteiger partial charge in [-0.3, -0.25) is 0 Å². The lowest BCUT2D eigenvalue weighted by atomic mass is 10.2. The second-order valence-electron chi connectivity index (χ2n) is 3.52. The first-order valence-corrected chi connectivity index (χ1v) is 5.14. The van der Waals surface area contributed by atoms with Crippen molar-refractivity contribution in [3.8, 4) is 5.75 Å². The molecular formula is C13H11FNO2+. The van der Waals surface area contributed by atoms with Crippen LogP contribution in [0.4, 0.5) is 10.1 Å². The van der Waals surface area contributed by atoms with Crippen molar-refractivity contribution in [2.45, 2.75) is 6.61 Å². The SMILES string of the molecule is O=[NH+]c1ccc(F)cc1OCc1ccccc1. The monoisotopic (exact) mass is 232 g/mol. The number of hydrogen-bond donors (Lipinski definition) is 1. The zero-order valence-corrected chi connectivity index (χ0v) is 9.02. The number of benzene rings is 2. The van der Waals surface area contributed by atoms with Crippen LogP contribution >= 0.6 is 0 Å². The molecule has 4 heteroatoms. The first-order valence-electron chi connectivity index (χ1n) is 5.14. The van der Waals surface area contributed by atoms with Gasteiger partial charge in [0.1, 0.15) is 12.4 Å². The van der Waals surface area contributed by atoms with Crippen LogP contribution in [0, 0.1) is 10.7 Å². The fourth-order valence-corrected chi connectivity index (χ4v) is 1.44. The molecule has 0 aliphatic heterocycles. The van der Waals surface area contributed by atoms with Gasteiger partial charge in [0.15, 0.2) is 5.75 Å². The molecule has 0 aliphatic carbocycles. The summed E-state index contributed by atoms with van der Waals surface area (Å²) in [5, 5.41) is 1.72. The maximum absolute atomic E-state index is 13.0. The van der Waals surface area contributed by atoms with Gasteiger partial charge < -0.3 is 4.74 Å². The van der Waals surface area contributed by atoms with Crippen LogP contribution in [0.1, 0.15) is 5.56 Å². The van der Waals surface area contributed by atoms with Gasteiger partial charge in [0, 0.05) is 22.2 Å². The molecule has 0 saturated carbocycles. The Morgan fingerprint density at radius 2 is 1.88 bits per heavy atom. The molecular weight excluding hydrogens is 221 g/mol. The van der Waals surface area contributed by atoms with Crippen LogP contribution in [0.5, 0.6) is 5.75 Å². The maximum Gasteiger partial charge on any atom is 0.295 e. The second kappa shape index (κ2) is 5.21. The molecule has 2 aromatic carbocycles. The molecule has 0 radical (unpaired) electrons.